The van der Waals surface area contributed by atoms with Crippen LogP contribution in [0.4, 0.5) is 0 Å². The van der Waals surface area contributed by atoms with Crippen LogP contribution in [0, 0.1) is 0 Å². The van der Waals surface area contributed by atoms with Crippen LogP contribution in [0.2, 0.25) is 0 Å². The van der Waals surface area contributed by atoms with Gasteiger partial charge in [-0.25, -0.2) is 0 Å². The van der Waals surface area contributed by atoms with Crippen LogP contribution in [-0.4, -0.2) is 39.3 Å². The second-order valence-electron chi connectivity index (χ2n) is 3.89. The summed E-state index contributed by atoms with van der Waals surface area (Å²) in [5.41, 5.74) is 0.572. The summed E-state index contributed by atoms with van der Waals surface area (Å²) in [5.74, 6) is 1.15. The largest absolute Gasteiger partial charge is 0.490 e. The molecule has 0 aromatic heterocycles. The smallest absolute Gasteiger partial charge is 0.251 e. The van der Waals surface area contributed by atoms with E-state index in [1.54, 1.807) is 18.2 Å². The monoisotopic (exact) mass is 266 g/mol. The fourth-order valence-electron chi connectivity index (χ4n) is 1.60. The number of carbonyl (C=O) groups is 1. The summed E-state index contributed by atoms with van der Waals surface area (Å²) in [4.78, 5) is 11.9. The van der Waals surface area contributed by atoms with Gasteiger partial charge in [0.2, 0.25) is 0 Å². The van der Waals surface area contributed by atoms with Crippen LogP contribution in [0.25, 0.3) is 0 Å². The minimum absolute atomic E-state index is 0.112. The van der Waals surface area contributed by atoms with Crippen molar-refractivity contribution >= 4 is 5.91 Å². The molecule has 1 aromatic carbocycles. The second kappa shape index (κ2) is 8.37. The minimum Gasteiger partial charge on any atom is -0.490 e. The molecule has 106 valence electrons. The highest BCUT2D eigenvalue weighted by Crippen LogP contribution is 2.28. The summed E-state index contributed by atoms with van der Waals surface area (Å²) in [7, 11) is 1.84. The number of benzene rings is 1. The van der Waals surface area contributed by atoms with E-state index >= 15 is 0 Å². The van der Waals surface area contributed by atoms with Crippen LogP contribution >= 0.6 is 0 Å². The Hall–Kier alpha value is -1.75. The molecule has 0 aliphatic rings. The zero-order chi connectivity index (χ0) is 14.1. The molecule has 1 amide bonds. The maximum Gasteiger partial charge on any atom is 0.251 e. The van der Waals surface area contributed by atoms with Gasteiger partial charge in [-0.15, -0.1) is 0 Å². The highest BCUT2D eigenvalue weighted by Gasteiger charge is 2.10. The van der Waals surface area contributed by atoms with Gasteiger partial charge in [-0.05, 0) is 39.1 Å². The fraction of sp³-hybridized carbons (Fsp3) is 0.500. The Morgan fingerprint density at radius 2 is 1.79 bits per heavy atom. The molecule has 0 fully saturated rings. The summed E-state index contributed by atoms with van der Waals surface area (Å²) >= 11 is 0. The molecule has 0 aliphatic carbocycles. The van der Waals surface area contributed by atoms with Crippen molar-refractivity contribution in [1.82, 2.24) is 10.6 Å². The lowest BCUT2D eigenvalue weighted by atomic mass is 10.2. The maximum atomic E-state index is 11.9. The Labute approximate surface area is 114 Å². The van der Waals surface area contributed by atoms with E-state index in [0.29, 0.717) is 36.8 Å². The van der Waals surface area contributed by atoms with E-state index in [1.165, 1.54) is 0 Å². The molecule has 0 saturated heterocycles. The highest BCUT2D eigenvalue weighted by atomic mass is 16.5. The fourth-order valence-corrected chi connectivity index (χ4v) is 1.60. The van der Waals surface area contributed by atoms with E-state index in [9.17, 15) is 4.79 Å². The van der Waals surface area contributed by atoms with Gasteiger partial charge >= 0.3 is 0 Å². The third-order valence-electron chi connectivity index (χ3n) is 2.47. The standard InChI is InChI=1S/C14H22N2O3/c1-4-18-12-7-6-11(10-13(12)19-5-2)14(17)16-9-8-15-3/h6-7,10,15H,4-5,8-9H2,1-3H3,(H,16,17). The van der Waals surface area contributed by atoms with Crippen LogP contribution in [0.1, 0.15) is 24.2 Å². The van der Waals surface area contributed by atoms with Crippen molar-refractivity contribution in [2.45, 2.75) is 13.8 Å². The SMILES string of the molecule is CCOc1ccc(C(=O)NCCNC)cc1OCC. The van der Waals surface area contributed by atoms with Gasteiger partial charge in [0.25, 0.3) is 5.91 Å². The Bertz CT molecular complexity index is 408. The molecule has 0 unspecified atom stereocenters. The molecule has 0 bridgehead atoms. The van der Waals surface area contributed by atoms with E-state index in [2.05, 4.69) is 10.6 Å². The molecule has 5 nitrogen and oxygen atoms in total. The Morgan fingerprint density at radius 1 is 1.11 bits per heavy atom. The molecule has 19 heavy (non-hydrogen) atoms. The first kappa shape index (κ1) is 15.3. The number of likely N-dealkylation sites (N-methyl/N-ethyl adjacent to an activating group) is 1. The van der Waals surface area contributed by atoms with Gasteiger partial charge in [0.05, 0.1) is 13.2 Å². The summed E-state index contributed by atoms with van der Waals surface area (Å²) in [5, 5.41) is 5.80. The van der Waals surface area contributed by atoms with E-state index in [-0.39, 0.29) is 5.91 Å². The average Bonchev–Trinajstić information content (AvgIpc) is 2.41. The molecule has 0 radical (unpaired) electrons. The summed E-state index contributed by atoms with van der Waals surface area (Å²) < 4.78 is 10.9. The highest BCUT2D eigenvalue weighted by molar-refractivity contribution is 5.94. The molecule has 1 rings (SSSR count). The number of nitrogens with one attached hydrogen (secondary N) is 2. The van der Waals surface area contributed by atoms with Crippen LogP contribution in [0.3, 0.4) is 0 Å². The van der Waals surface area contributed by atoms with Crippen LogP contribution in [0.5, 0.6) is 11.5 Å². The maximum absolute atomic E-state index is 11.9. The van der Waals surface area contributed by atoms with Gasteiger partial charge in [-0.2, -0.15) is 0 Å². The Morgan fingerprint density at radius 3 is 2.42 bits per heavy atom. The molecular weight excluding hydrogens is 244 g/mol. The van der Waals surface area contributed by atoms with Crippen LogP contribution in [0.15, 0.2) is 18.2 Å². The normalized spacial score (nSPS) is 10.1. The van der Waals surface area contributed by atoms with E-state index in [1.807, 2.05) is 20.9 Å². The van der Waals surface area contributed by atoms with E-state index in [4.69, 9.17) is 9.47 Å². The molecule has 0 aliphatic heterocycles. The van der Waals surface area contributed by atoms with Crippen molar-refractivity contribution in [3.63, 3.8) is 0 Å². The van der Waals surface area contributed by atoms with Crippen molar-refractivity contribution in [3.05, 3.63) is 23.8 Å². The van der Waals surface area contributed by atoms with Gasteiger partial charge in [-0.3, -0.25) is 4.79 Å². The summed E-state index contributed by atoms with van der Waals surface area (Å²) in [6, 6.07) is 5.22. The number of carbonyl (C=O) groups excluding carboxylic acids is 1. The van der Waals surface area contributed by atoms with Gasteiger partial charge < -0.3 is 20.1 Å². The zero-order valence-electron chi connectivity index (χ0n) is 11.8. The number of amides is 1. The average molecular weight is 266 g/mol. The molecule has 1 aromatic rings. The lowest BCUT2D eigenvalue weighted by molar-refractivity contribution is 0.0953. The Kier molecular flexibility index (Phi) is 6.74. The first-order valence-corrected chi connectivity index (χ1v) is 6.55. The van der Waals surface area contributed by atoms with Crippen molar-refractivity contribution in [3.8, 4) is 11.5 Å². The summed E-state index contributed by atoms with van der Waals surface area (Å²) in [6.07, 6.45) is 0. The number of hydrogen-bond donors (Lipinski definition) is 2. The van der Waals surface area contributed by atoms with Crippen LogP contribution in [-0.2, 0) is 0 Å². The molecular formula is C14H22N2O3. The first-order valence-electron chi connectivity index (χ1n) is 6.55. The predicted octanol–water partition coefficient (Wildman–Crippen LogP) is 1.43. The molecule has 0 atom stereocenters. The van der Waals surface area contributed by atoms with Crippen molar-refractivity contribution in [1.29, 1.82) is 0 Å². The lowest BCUT2D eigenvalue weighted by Gasteiger charge is -2.12. The van der Waals surface area contributed by atoms with Crippen molar-refractivity contribution in [2.24, 2.45) is 0 Å². The molecule has 0 saturated carbocycles. The van der Waals surface area contributed by atoms with E-state index < -0.39 is 0 Å². The van der Waals surface area contributed by atoms with Crippen LogP contribution < -0.4 is 20.1 Å². The molecule has 0 spiro atoms. The van der Waals surface area contributed by atoms with Gasteiger partial charge in [0.1, 0.15) is 0 Å². The molecule has 2 N–H and O–H groups in total. The third-order valence-corrected chi connectivity index (χ3v) is 2.47. The van der Waals surface area contributed by atoms with Crippen molar-refractivity contribution in [2.75, 3.05) is 33.4 Å². The van der Waals surface area contributed by atoms with Gasteiger partial charge in [-0.1, -0.05) is 0 Å². The van der Waals surface area contributed by atoms with E-state index in [0.717, 1.165) is 6.54 Å². The minimum atomic E-state index is -0.112. The zero-order valence-corrected chi connectivity index (χ0v) is 11.8. The van der Waals surface area contributed by atoms with Gasteiger partial charge in [0, 0.05) is 18.7 Å². The Balaban J connectivity index is 2.78. The second-order valence-corrected chi connectivity index (χ2v) is 3.89. The number of rotatable bonds is 8. The topological polar surface area (TPSA) is 59.6 Å². The first-order chi connectivity index (χ1) is 9.22. The predicted molar refractivity (Wildman–Crippen MR) is 75.0 cm³/mol. The molecule has 0 heterocycles. The lowest BCUT2D eigenvalue weighted by Crippen LogP contribution is -2.30. The quantitative estimate of drug-likeness (QED) is 0.699. The van der Waals surface area contributed by atoms with Gasteiger partial charge in [0.15, 0.2) is 11.5 Å². The number of ether oxygens (including phenoxy) is 2. The molecule has 5 heteroatoms. The third kappa shape index (κ3) is 4.79. The summed E-state index contributed by atoms with van der Waals surface area (Å²) in [6.45, 7) is 6.23. The number of hydrogen-bond acceptors (Lipinski definition) is 4. The van der Waals surface area contributed by atoms with Crippen molar-refractivity contribution < 1.29 is 14.3 Å².